The van der Waals surface area contributed by atoms with Crippen LogP contribution in [0.2, 0.25) is 0 Å². The van der Waals surface area contributed by atoms with Crippen LogP contribution in [-0.2, 0) is 9.53 Å². The maximum Gasteiger partial charge on any atom is 0.340 e. The van der Waals surface area contributed by atoms with Crippen molar-refractivity contribution in [1.29, 1.82) is 0 Å². The molecule has 7 heteroatoms. The second-order valence-electron chi connectivity index (χ2n) is 5.30. The van der Waals surface area contributed by atoms with Gasteiger partial charge in [-0.05, 0) is 36.8 Å². The van der Waals surface area contributed by atoms with E-state index in [1.54, 1.807) is 37.3 Å². The van der Waals surface area contributed by atoms with E-state index in [9.17, 15) is 14.0 Å². The number of nitrogens with one attached hydrogen (secondary N) is 2. The monoisotopic (exact) mass is 346 g/mol. The molecule has 0 aromatic heterocycles. The molecule has 0 heterocycles. The van der Waals surface area contributed by atoms with Gasteiger partial charge < -0.3 is 20.5 Å². The zero-order chi connectivity index (χ0) is 18.2. The van der Waals surface area contributed by atoms with Gasteiger partial charge in [0.25, 0.3) is 5.91 Å². The highest BCUT2D eigenvalue weighted by atomic mass is 19.1. The highest BCUT2D eigenvalue weighted by Crippen LogP contribution is 2.17. The largest absolute Gasteiger partial charge is 0.452 e. The first-order chi connectivity index (χ1) is 12.0. The number of hydrogen-bond donors (Lipinski definition) is 3. The predicted molar refractivity (Wildman–Crippen MR) is 92.1 cm³/mol. The van der Waals surface area contributed by atoms with Gasteiger partial charge in [0.15, 0.2) is 6.61 Å². The molecule has 0 bridgehead atoms. The van der Waals surface area contributed by atoms with Crippen LogP contribution >= 0.6 is 0 Å². The summed E-state index contributed by atoms with van der Waals surface area (Å²) >= 11 is 0. The number of aliphatic hydroxyl groups excluding tert-OH is 1. The molecule has 0 spiro atoms. The number of benzene rings is 2. The molecule has 2 rings (SSSR count). The molecule has 0 saturated heterocycles. The Hall–Kier alpha value is -2.93. The van der Waals surface area contributed by atoms with Gasteiger partial charge in [0, 0.05) is 12.2 Å². The number of carbonyl (C=O) groups excluding carboxylic acids is 2. The van der Waals surface area contributed by atoms with E-state index in [1.165, 1.54) is 12.1 Å². The third-order valence-electron chi connectivity index (χ3n) is 3.31. The summed E-state index contributed by atoms with van der Waals surface area (Å²) in [6, 6.07) is 11.0. The number of esters is 1. The number of para-hydroxylation sites is 1. The number of carbonyl (C=O) groups is 2. The summed E-state index contributed by atoms with van der Waals surface area (Å²) in [7, 11) is 0. The molecule has 1 amide bonds. The molecule has 2 aromatic rings. The van der Waals surface area contributed by atoms with Crippen LogP contribution in [-0.4, -0.2) is 36.7 Å². The van der Waals surface area contributed by atoms with Crippen molar-refractivity contribution < 1.29 is 23.8 Å². The Morgan fingerprint density at radius 1 is 1.16 bits per heavy atom. The number of amides is 1. The van der Waals surface area contributed by atoms with Crippen molar-refractivity contribution in [1.82, 2.24) is 0 Å². The molecule has 0 saturated carbocycles. The number of rotatable bonds is 7. The van der Waals surface area contributed by atoms with Crippen molar-refractivity contribution in [2.24, 2.45) is 0 Å². The predicted octanol–water partition coefficient (Wildman–Crippen LogP) is 2.33. The molecule has 2 aromatic carbocycles. The molecule has 0 aliphatic carbocycles. The smallest absolute Gasteiger partial charge is 0.340 e. The van der Waals surface area contributed by atoms with Crippen molar-refractivity contribution >= 4 is 23.3 Å². The quantitative estimate of drug-likeness (QED) is 0.670. The summed E-state index contributed by atoms with van der Waals surface area (Å²) < 4.78 is 18.7. The molecule has 132 valence electrons. The van der Waals surface area contributed by atoms with E-state index in [4.69, 9.17) is 9.84 Å². The first kappa shape index (κ1) is 18.4. The lowest BCUT2D eigenvalue weighted by Gasteiger charge is -2.11. The summed E-state index contributed by atoms with van der Waals surface area (Å²) in [5, 5.41) is 14.1. The van der Waals surface area contributed by atoms with E-state index >= 15 is 0 Å². The van der Waals surface area contributed by atoms with Crippen LogP contribution in [0.4, 0.5) is 15.8 Å². The van der Waals surface area contributed by atoms with Crippen LogP contribution in [0.25, 0.3) is 0 Å². The van der Waals surface area contributed by atoms with E-state index < -0.39 is 24.3 Å². The molecular formula is C18H19FN2O4. The second-order valence-corrected chi connectivity index (χ2v) is 5.30. The zero-order valence-electron chi connectivity index (χ0n) is 13.7. The van der Waals surface area contributed by atoms with Gasteiger partial charge in [0.2, 0.25) is 0 Å². The Kier molecular flexibility index (Phi) is 6.47. The Labute approximate surface area is 144 Å². The number of hydrogen-bond acceptors (Lipinski definition) is 5. The molecule has 0 radical (unpaired) electrons. The summed E-state index contributed by atoms with van der Waals surface area (Å²) in [5.74, 6) is -1.89. The van der Waals surface area contributed by atoms with Gasteiger partial charge in [-0.3, -0.25) is 4.79 Å². The van der Waals surface area contributed by atoms with Crippen molar-refractivity contribution in [2.45, 2.75) is 6.92 Å². The molecule has 0 fully saturated rings. The minimum Gasteiger partial charge on any atom is -0.452 e. The van der Waals surface area contributed by atoms with Crippen molar-refractivity contribution in [3.63, 3.8) is 0 Å². The molecule has 3 N–H and O–H groups in total. The van der Waals surface area contributed by atoms with E-state index in [-0.39, 0.29) is 24.4 Å². The molecule has 0 atom stereocenters. The van der Waals surface area contributed by atoms with Crippen LogP contribution < -0.4 is 10.6 Å². The van der Waals surface area contributed by atoms with Crippen molar-refractivity contribution in [3.8, 4) is 0 Å². The average Bonchev–Trinajstić information content (AvgIpc) is 2.60. The standard InChI is InChI=1S/C18H19FN2O4/c1-12-6-7-16(14(19)10-12)21-17(23)11-25-18(24)13-4-2-3-5-15(13)20-8-9-22/h2-7,10,20,22H,8-9,11H2,1H3,(H,21,23). The van der Waals surface area contributed by atoms with Crippen LogP contribution in [0.15, 0.2) is 42.5 Å². The summed E-state index contributed by atoms with van der Waals surface area (Å²) in [6.07, 6.45) is 0. The van der Waals surface area contributed by atoms with Gasteiger partial charge >= 0.3 is 5.97 Å². The minimum absolute atomic E-state index is 0.0247. The van der Waals surface area contributed by atoms with Crippen LogP contribution in [0.5, 0.6) is 0 Å². The number of ether oxygens (including phenoxy) is 1. The summed E-state index contributed by atoms with van der Waals surface area (Å²) in [4.78, 5) is 24.0. The first-order valence-corrected chi connectivity index (χ1v) is 7.68. The normalized spacial score (nSPS) is 10.2. The Bertz CT molecular complexity index is 764. The topological polar surface area (TPSA) is 87.7 Å². The second kappa shape index (κ2) is 8.79. The van der Waals surface area contributed by atoms with Gasteiger partial charge in [0.1, 0.15) is 5.82 Å². The number of halogens is 1. The van der Waals surface area contributed by atoms with Crippen molar-refractivity contribution in [3.05, 3.63) is 59.4 Å². The van der Waals surface area contributed by atoms with E-state index in [0.717, 1.165) is 5.56 Å². The number of anilines is 2. The van der Waals surface area contributed by atoms with Gasteiger partial charge in [-0.15, -0.1) is 0 Å². The van der Waals surface area contributed by atoms with Crippen LogP contribution in [0.1, 0.15) is 15.9 Å². The first-order valence-electron chi connectivity index (χ1n) is 7.68. The lowest BCUT2D eigenvalue weighted by atomic mass is 10.2. The van der Waals surface area contributed by atoms with E-state index in [0.29, 0.717) is 5.69 Å². The molecule has 6 nitrogen and oxygen atoms in total. The van der Waals surface area contributed by atoms with Gasteiger partial charge in [-0.1, -0.05) is 18.2 Å². The maximum atomic E-state index is 13.7. The van der Waals surface area contributed by atoms with Crippen LogP contribution in [0, 0.1) is 12.7 Å². The van der Waals surface area contributed by atoms with E-state index in [2.05, 4.69) is 10.6 Å². The fourth-order valence-corrected chi connectivity index (χ4v) is 2.12. The molecule has 0 aliphatic rings. The number of aryl methyl sites for hydroxylation is 1. The number of aliphatic hydroxyl groups is 1. The summed E-state index contributed by atoms with van der Waals surface area (Å²) in [6.45, 7) is 1.38. The lowest BCUT2D eigenvalue weighted by molar-refractivity contribution is -0.119. The average molecular weight is 346 g/mol. The Morgan fingerprint density at radius 3 is 2.64 bits per heavy atom. The van der Waals surface area contributed by atoms with E-state index in [1.807, 2.05) is 0 Å². The fraction of sp³-hybridized carbons (Fsp3) is 0.222. The highest BCUT2D eigenvalue weighted by Gasteiger charge is 2.15. The fourth-order valence-electron chi connectivity index (χ4n) is 2.12. The molecular weight excluding hydrogens is 327 g/mol. The molecule has 25 heavy (non-hydrogen) atoms. The Morgan fingerprint density at radius 2 is 1.92 bits per heavy atom. The summed E-state index contributed by atoms with van der Waals surface area (Å²) in [5.41, 5.74) is 1.49. The van der Waals surface area contributed by atoms with Crippen molar-refractivity contribution in [2.75, 3.05) is 30.4 Å². The minimum atomic E-state index is -0.694. The van der Waals surface area contributed by atoms with Crippen LogP contribution in [0.3, 0.4) is 0 Å². The lowest BCUT2D eigenvalue weighted by Crippen LogP contribution is -2.22. The molecule has 0 aliphatic heterocycles. The molecule has 0 unspecified atom stereocenters. The maximum absolute atomic E-state index is 13.7. The van der Waals surface area contributed by atoms with Gasteiger partial charge in [0.05, 0.1) is 17.9 Å². The third kappa shape index (κ3) is 5.29. The SMILES string of the molecule is Cc1ccc(NC(=O)COC(=O)c2ccccc2NCCO)c(F)c1. The van der Waals surface area contributed by atoms with Gasteiger partial charge in [-0.2, -0.15) is 0 Å². The Balaban J connectivity index is 1.94. The zero-order valence-corrected chi connectivity index (χ0v) is 13.7. The highest BCUT2D eigenvalue weighted by molar-refractivity contribution is 5.98. The van der Waals surface area contributed by atoms with Gasteiger partial charge in [-0.25, -0.2) is 9.18 Å². The third-order valence-corrected chi connectivity index (χ3v) is 3.31.